The maximum absolute atomic E-state index is 12.4. The molecule has 0 spiro atoms. The third kappa shape index (κ3) is 3.68. The maximum atomic E-state index is 12.4. The molecule has 5 heteroatoms. The van der Waals surface area contributed by atoms with Gasteiger partial charge in [0.15, 0.2) is 0 Å². The van der Waals surface area contributed by atoms with Gasteiger partial charge in [-0.05, 0) is 31.2 Å². The maximum Gasteiger partial charge on any atom is 0.205 e. The Balaban J connectivity index is 2.32. The number of hydrogen-bond donors (Lipinski definition) is 1. The quantitative estimate of drug-likeness (QED) is 0.529. The lowest BCUT2D eigenvalue weighted by Gasteiger charge is -2.08. The Morgan fingerprint density at radius 3 is 2.71 bits per heavy atom. The Bertz CT molecular complexity index is 733. The number of carbonyl (C=O) groups excluding carboxylic acids is 1. The SMILES string of the molecule is C/C(Nc1ccccn1)=C(/C#N)C(=O)c1cccc(Cl)c1. The number of Topliss-reactive ketones (excluding diaryl/α,β-unsaturated/α-hetero) is 1. The van der Waals surface area contributed by atoms with Crippen molar-refractivity contribution in [2.75, 3.05) is 5.32 Å². The van der Waals surface area contributed by atoms with Crippen LogP contribution in [0, 0.1) is 11.3 Å². The van der Waals surface area contributed by atoms with Crippen LogP contribution in [0.25, 0.3) is 0 Å². The van der Waals surface area contributed by atoms with Crippen LogP contribution in [0.3, 0.4) is 0 Å². The lowest BCUT2D eigenvalue weighted by molar-refractivity contribution is 0.103. The van der Waals surface area contributed by atoms with Crippen LogP contribution in [0.2, 0.25) is 5.02 Å². The number of pyridine rings is 1. The van der Waals surface area contributed by atoms with Crippen molar-refractivity contribution >= 4 is 23.2 Å². The highest BCUT2D eigenvalue weighted by molar-refractivity contribution is 6.31. The van der Waals surface area contributed by atoms with E-state index in [-0.39, 0.29) is 11.4 Å². The lowest BCUT2D eigenvalue weighted by atomic mass is 10.0. The molecule has 4 nitrogen and oxygen atoms in total. The van der Waals surface area contributed by atoms with E-state index >= 15 is 0 Å². The Labute approximate surface area is 127 Å². The van der Waals surface area contributed by atoms with Gasteiger partial charge < -0.3 is 5.32 Å². The van der Waals surface area contributed by atoms with Crippen molar-refractivity contribution in [1.82, 2.24) is 4.98 Å². The van der Waals surface area contributed by atoms with Crippen LogP contribution in [-0.4, -0.2) is 10.8 Å². The summed E-state index contributed by atoms with van der Waals surface area (Å²) in [6.07, 6.45) is 1.63. The Hall–Kier alpha value is -2.64. The summed E-state index contributed by atoms with van der Waals surface area (Å²) in [5, 5.41) is 12.7. The third-order valence-corrected chi connectivity index (χ3v) is 3.02. The number of nitrogens with zero attached hydrogens (tertiary/aromatic N) is 2. The van der Waals surface area contributed by atoms with Gasteiger partial charge in [-0.3, -0.25) is 4.79 Å². The molecule has 1 N–H and O–H groups in total. The Kier molecular flexibility index (Phi) is 4.70. The van der Waals surface area contributed by atoms with Crippen molar-refractivity contribution in [2.45, 2.75) is 6.92 Å². The van der Waals surface area contributed by atoms with Crippen molar-refractivity contribution in [3.63, 3.8) is 0 Å². The van der Waals surface area contributed by atoms with Crippen molar-refractivity contribution in [3.8, 4) is 6.07 Å². The molecule has 0 aliphatic rings. The number of hydrogen-bond acceptors (Lipinski definition) is 4. The van der Waals surface area contributed by atoms with Gasteiger partial charge in [0.2, 0.25) is 5.78 Å². The fourth-order valence-electron chi connectivity index (χ4n) is 1.77. The topological polar surface area (TPSA) is 65.8 Å². The van der Waals surface area contributed by atoms with Gasteiger partial charge in [0, 0.05) is 22.5 Å². The van der Waals surface area contributed by atoms with Crippen LogP contribution in [-0.2, 0) is 0 Å². The van der Waals surface area contributed by atoms with E-state index in [1.807, 2.05) is 12.1 Å². The molecule has 0 aliphatic carbocycles. The molecule has 0 fully saturated rings. The zero-order valence-corrected chi connectivity index (χ0v) is 12.1. The molecule has 104 valence electrons. The number of benzene rings is 1. The zero-order chi connectivity index (χ0) is 15.2. The van der Waals surface area contributed by atoms with E-state index in [0.29, 0.717) is 22.1 Å². The molecule has 0 saturated carbocycles. The number of aromatic nitrogens is 1. The third-order valence-electron chi connectivity index (χ3n) is 2.78. The second kappa shape index (κ2) is 6.69. The van der Waals surface area contributed by atoms with Crippen LogP contribution in [0.4, 0.5) is 5.82 Å². The zero-order valence-electron chi connectivity index (χ0n) is 11.3. The molecule has 21 heavy (non-hydrogen) atoms. The number of anilines is 1. The molecule has 1 aromatic heterocycles. The van der Waals surface area contributed by atoms with Gasteiger partial charge in [0.25, 0.3) is 0 Å². The summed E-state index contributed by atoms with van der Waals surface area (Å²) < 4.78 is 0. The largest absolute Gasteiger partial charge is 0.343 e. The smallest absolute Gasteiger partial charge is 0.205 e. The minimum Gasteiger partial charge on any atom is -0.343 e. The molecular formula is C16H12ClN3O. The molecule has 2 rings (SSSR count). The first kappa shape index (κ1) is 14.8. The van der Waals surface area contributed by atoms with E-state index in [9.17, 15) is 10.1 Å². The molecule has 0 unspecified atom stereocenters. The first-order valence-corrected chi connectivity index (χ1v) is 6.59. The first-order valence-electron chi connectivity index (χ1n) is 6.21. The van der Waals surface area contributed by atoms with Gasteiger partial charge in [0.1, 0.15) is 17.5 Å². The fraction of sp³-hybridized carbons (Fsp3) is 0.0625. The van der Waals surface area contributed by atoms with Gasteiger partial charge in [-0.2, -0.15) is 5.26 Å². The molecule has 2 aromatic rings. The average Bonchev–Trinajstić information content (AvgIpc) is 2.49. The molecule has 0 radical (unpaired) electrons. The number of nitrogens with one attached hydrogen (secondary N) is 1. The van der Waals surface area contributed by atoms with Crippen molar-refractivity contribution in [1.29, 1.82) is 5.26 Å². The highest BCUT2D eigenvalue weighted by Crippen LogP contribution is 2.17. The van der Waals surface area contributed by atoms with E-state index < -0.39 is 0 Å². The van der Waals surface area contributed by atoms with E-state index in [1.54, 1.807) is 43.5 Å². The van der Waals surface area contributed by atoms with Crippen LogP contribution in [0.15, 0.2) is 59.9 Å². The molecule has 0 saturated heterocycles. The Morgan fingerprint density at radius 1 is 1.29 bits per heavy atom. The standard InChI is InChI=1S/C16H12ClN3O/c1-11(20-15-7-2-3-8-19-15)14(10-18)16(21)12-5-4-6-13(17)9-12/h2-9H,1H3,(H,19,20)/b14-11+. The van der Waals surface area contributed by atoms with Crippen LogP contribution in [0.5, 0.6) is 0 Å². The van der Waals surface area contributed by atoms with Crippen molar-refractivity contribution in [2.24, 2.45) is 0 Å². The second-order valence-electron chi connectivity index (χ2n) is 4.29. The first-order chi connectivity index (χ1) is 10.1. The van der Waals surface area contributed by atoms with E-state index in [0.717, 1.165) is 0 Å². The highest BCUT2D eigenvalue weighted by Gasteiger charge is 2.15. The van der Waals surface area contributed by atoms with Crippen molar-refractivity contribution in [3.05, 3.63) is 70.5 Å². The van der Waals surface area contributed by atoms with Crippen LogP contribution < -0.4 is 5.32 Å². The molecule has 0 aliphatic heterocycles. The van der Waals surface area contributed by atoms with Crippen molar-refractivity contribution < 1.29 is 4.79 Å². The van der Waals surface area contributed by atoms with E-state index in [1.165, 1.54) is 6.07 Å². The van der Waals surface area contributed by atoms with Gasteiger partial charge in [0.05, 0.1) is 0 Å². The second-order valence-corrected chi connectivity index (χ2v) is 4.73. The molecule has 1 heterocycles. The summed E-state index contributed by atoms with van der Waals surface area (Å²) in [5.74, 6) is 0.197. The molecule has 0 amide bonds. The minimum absolute atomic E-state index is 0.0305. The summed E-state index contributed by atoms with van der Waals surface area (Å²) in [4.78, 5) is 16.5. The summed E-state index contributed by atoms with van der Waals surface area (Å²) in [6.45, 7) is 1.66. The van der Waals surface area contributed by atoms with Gasteiger partial charge in [-0.15, -0.1) is 0 Å². The van der Waals surface area contributed by atoms with Crippen LogP contribution in [0.1, 0.15) is 17.3 Å². The number of allylic oxidation sites excluding steroid dienone is 2. The summed E-state index contributed by atoms with van der Waals surface area (Å²) >= 11 is 5.87. The molecule has 1 aromatic carbocycles. The lowest BCUT2D eigenvalue weighted by Crippen LogP contribution is -2.09. The van der Waals surface area contributed by atoms with Gasteiger partial charge in [-0.25, -0.2) is 4.98 Å². The fourth-order valence-corrected chi connectivity index (χ4v) is 1.96. The number of nitriles is 1. The Morgan fingerprint density at radius 2 is 2.10 bits per heavy atom. The predicted octanol–water partition coefficient (Wildman–Crippen LogP) is 3.83. The molecule has 0 bridgehead atoms. The highest BCUT2D eigenvalue weighted by atomic mass is 35.5. The summed E-state index contributed by atoms with van der Waals surface area (Å²) in [6, 6.07) is 13.8. The average molecular weight is 298 g/mol. The summed E-state index contributed by atoms with van der Waals surface area (Å²) in [5.41, 5.74) is 0.852. The molecular weight excluding hydrogens is 286 g/mol. The molecule has 0 atom stereocenters. The van der Waals surface area contributed by atoms with Gasteiger partial charge >= 0.3 is 0 Å². The minimum atomic E-state index is -0.374. The number of ketones is 1. The van der Waals surface area contributed by atoms with Gasteiger partial charge in [-0.1, -0.05) is 29.8 Å². The monoisotopic (exact) mass is 297 g/mol. The number of carbonyl (C=O) groups is 1. The normalized spacial score (nSPS) is 11.3. The predicted molar refractivity (Wildman–Crippen MR) is 82.0 cm³/mol. The number of halogens is 1. The van der Waals surface area contributed by atoms with Crippen LogP contribution >= 0.6 is 11.6 Å². The van der Waals surface area contributed by atoms with E-state index in [2.05, 4.69) is 10.3 Å². The van der Waals surface area contributed by atoms with E-state index in [4.69, 9.17) is 11.6 Å². The number of rotatable bonds is 4. The summed E-state index contributed by atoms with van der Waals surface area (Å²) in [7, 11) is 0.